The van der Waals surface area contributed by atoms with Crippen molar-refractivity contribution in [2.75, 3.05) is 25.2 Å². The SMILES string of the molecule is CSc1ccc(C(=O)CSC2COC2)cc1. The Morgan fingerprint density at radius 1 is 1.38 bits per heavy atom. The molecule has 1 aromatic rings. The monoisotopic (exact) mass is 254 g/mol. The van der Waals surface area contributed by atoms with E-state index in [0.717, 1.165) is 18.8 Å². The Labute approximate surface area is 104 Å². The molecule has 1 heterocycles. The van der Waals surface area contributed by atoms with Gasteiger partial charge in [0.2, 0.25) is 0 Å². The first-order valence-corrected chi connectivity index (χ1v) is 7.43. The zero-order valence-corrected chi connectivity index (χ0v) is 10.8. The fraction of sp³-hybridized carbons (Fsp3) is 0.417. The zero-order chi connectivity index (χ0) is 11.4. The number of benzene rings is 1. The molecule has 0 unspecified atom stereocenters. The summed E-state index contributed by atoms with van der Waals surface area (Å²) in [6.07, 6.45) is 2.03. The Kier molecular flexibility index (Phi) is 4.32. The first kappa shape index (κ1) is 12.0. The second kappa shape index (κ2) is 5.75. The molecule has 0 atom stereocenters. The summed E-state index contributed by atoms with van der Waals surface area (Å²) in [7, 11) is 0. The molecule has 16 heavy (non-hydrogen) atoms. The molecule has 0 amide bonds. The van der Waals surface area contributed by atoms with Crippen LogP contribution in [0, 0.1) is 0 Å². The van der Waals surface area contributed by atoms with E-state index in [0.29, 0.717) is 11.0 Å². The van der Waals surface area contributed by atoms with Crippen LogP contribution in [0.25, 0.3) is 0 Å². The van der Waals surface area contributed by atoms with Crippen LogP contribution in [-0.4, -0.2) is 36.3 Å². The summed E-state index contributed by atoms with van der Waals surface area (Å²) in [6, 6.07) is 7.81. The lowest BCUT2D eigenvalue weighted by Crippen LogP contribution is -2.31. The molecular formula is C12H14O2S2. The van der Waals surface area contributed by atoms with Crippen LogP contribution in [-0.2, 0) is 4.74 Å². The maximum atomic E-state index is 11.8. The summed E-state index contributed by atoms with van der Waals surface area (Å²) >= 11 is 3.38. The van der Waals surface area contributed by atoms with E-state index in [-0.39, 0.29) is 5.78 Å². The summed E-state index contributed by atoms with van der Waals surface area (Å²) in [4.78, 5) is 13.0. The molecule has 0 bridgehead atoms. The van der Waals surface area contributed by atoms with Crippen LogP contribution in [0.4, 0.5) is 0 Å². The maximum Gasteiger partial charge on any atom is 0.172 e. The van der Waals surface area contributed by atoms with Crippen molar-refractivity contribution in [2.24, 2.45) is 0 Å². The van der Waals surface area contributed by atoms with Crippen LogP contribution in [0.1, 0.15) is 10.4 Å². The van der Waals surface area contributed by atoms with E-state index < -0.39 is 0 Å². The molecule has 2 nitrogen and oxygen atoms in total. The maximum absolute atomic E-state index is 11.8. The molecule has 4 heteroatoms. The number of ether oxygens (including phenoxy) is 1. The Morgan fingerprint density at radius 2 is 2.06 bits per heavy atom. The van der Waals surface area contributed by atoms with Gasteiger partial charge in [0.15, 0.2) is 5.78 Å². The van der Waals surface area contributed by atoms with E-state index in [1.165, 1.54) is 4.90 Å². The number of ketones is 1. The number of carbonyl (C=O) groups excluding carboxylic acids is 1. The van der Waals surface area contributed by atoms with Crippen LogP contribution in [0.2, 0.25) is 0 Å². The highest BCUT2D eigenvalue weighted by molar-refractivity contribution is 8.00. The molecule has 1 fully saturated rings. The van der Waals surface area contributed by atoms with Crippen LogP contribution in [0.15, 0.2) is 29.2 Å². The molecular weight excluding hydrogens is 240 g/mol. The molecule has 1 aliphatic rings. The minimum atomic E-state index is 0.213. The van der Waals surface area contributed by atoms with Gasteiger partial charge in [-0.1, -0.05) is 12.1 Å². The molecule has 1 saturated heterocycles. The highest BCUT2D eigenvalue weighted by atomic mass is 32.2. The Morgan fingerprint density at radius 3 is 2.56 bits per heavy atom. The van der Waals surface area contributed by atoms with Crippen molar-refractivity contribution in [3.63, 3.8) is 0 Å². The van der Waals surface area contributed by atoms with Crippen LogP contribution in [0.5, 0.6) is 0 Å². The third-order valence-electron chi connectivity index (χ3n) is 2.47. The lowest BCUT2D eigenvalue weighted by atomic mass is 10.1. The summed E-state index contributed by atoms with van der Waals surface area (Å²) in [5.74, 6) is 0.775. The second-order valence-electron chi connectivity index (χ2n) is 3.62. The Balaban J connectivity index is 1.86. The van der Waals surface area contributed by atoms with E-state index >= 15 is 0 Å². The van der Waals surface area contributed by atoms with Crippen molar-refractivity contribution in [1.82, 2.24) is 0 Å². The van der Waals surface area contributed by atoms with Gasteiger partial charge in [0.1, 0.15) is 0 Å². The molecule has 1 aliphatic heterocycles. The topological polar surface area (TPSA) is 26.3 Å². The predicted molar refractivity (Wildman–Crippen MR) is 69.6 cm³/mol. The predicted octanol–water partition coefficient (Wildman–Crippen LogP) is 2.72. The molecule has 0 aromatic heterocycles. The lowest BCUT2D eigenvalue weighted by Gasteiger charge is -2.24. The number of thioether (sulfide) groups is 2. The van der Waals surface area contributed by atoms with Crippen molar-refractivity contribution < 1.29 is 9.53 Å². The summed E-state index contributed by atoms with van der Waals surface area (Å²) in [5.41, 5.74) is 0.811. The fourth-order valence-electron chi connectivity index (χ4n) is 1.36. The van der Waals surface area contributed by atoms with Gasteiger partial charge >= 0.3 is 0 Å². The van der Waals surface area contributed by atoms with Crippen LogP contribution in [0.3, 0.4) is 0 Å². The summed E-state index contributed by atoms with van der Waals surface area (Å²) in [6.45, 7) is 1.59. The minimum absolute atomic E-state index is 0.213. The van der Waals surface area contributed by atoms with Crippen molar-refractivity contribution in [3.05, 3.63) is 29.8 Å². The van der Waals surface area contributed by atoms with Gasteiger partial charge in [-0.25, -0.2) is 0 Å². The molecule has 86 valence electrons. The quantitative estimate of drug-likeness (QED) is 0.596. The smallest absolute Gasteiger partial charge is 0.172 e. The molecule has 2 rings (SSSR count). The number of hydrogen-bond acceptors (Lipinski definition) is 4. The highest BCUT2D eigenvalue weighted by Crippen LogP contribution is 2.21. The zero-order valence-electron chi connectivity index (χ0n) is 9.14. The van der Waals surface area contributed by atoms with Gasteiger partial charge in [0.25, 0.3) is 0 Å². The number of carbonyl (C=O) groups is 1. The lowest BCUT2D eigenvalue weighted by molar-refractivity contribution is 0.0455. The van der Waals surface area contributed by atoms with E-state index in [1.807, 2.05) is 30.5 Å². The van der Waals surface area contributed by atoms with Gasteiger partial charge in [0.05, 0.1) is 24.2 Å². The van der Waals surface area contributed by atoms with E-state index in [1.54, 1.807) is 23.5 Å². The van der Waals surface area contributed by atoms with Crippen LogP contribution < -0.4 is 0 Å². The second-order valence-corrected chi connectivity index (χ2v) is 5.79. The van der Waals surface area contributed by atoms with E-state index in [2.05, 4.69) is 0 Å². The van der Waals surface area contributed by atoms with Gasteiger partial charge < -0.3 is 4.74 Å². The third kappa shape index (κ3) is 3.03. The molecule has 0 radical (unpaired) electrons. The standard InChI is InChI=1S/C12H14O2S2/c1-15-10-4-2-9(3-5-10)12(13)8-16-11-6-14-7-11/h2-5,11H,6-8H2,1H3. The molecule has 0 spiro atoms. The van der Waals surface area contributed by atoms with Crippen molar-refractivity contribution in [1.29, 1.82) is 0 Å². The normalized spacial score (nSPS) is 15.8. The molecule has 0 N–H and O–H groups in total. The van der Waals surface area contributed by atoms with Gasteiger partial charge in [-0.2, -0.15) is 0 Å². The first-order chi connectivity index (χ1) is 7.79. The van der Waals surface area contributed by atoms with Crippen molar-refractivity contribution in [3.8, 4) is 0 Å². The average Bonchev–Trinajstić information content (AvgIpc) is 2.27. The van der Waals surface area contributed by atoms with Gasteiger partial charge in [-0.05, 0) is 18.4 Å². The van der Waals surface area contributed by atoms with E-state index in [9.17, 15) is 4.79 Å². The van der Waals surface area contributed by atoms with Crippen molar-refractivity contribution in [2.45, 2.75) is 10.1 Å². The van der Waals surface area contributed by atoms with Gasteiger partial charge in [0, 0.05) is 10.5 Å². The highest BCUT2D eigenvalue weighted by Gasteiger charge is 2.20. The minimum Gasteiger partial charge on any atom is -0.379 e. The molecule has 0 saturated carbocycles. The Bertz CT molecular complexity index is 358. The number of rotatable bonds is 5. The molecule has 0 aliphatic carbocycles. The summed E-state index contributed by atoms with van der Waals surface area (Å²) < 4.78 is 5.07. The Hall–Kier alpha value is -0.450. The van der Waals surface area contributed by atoms with Gasteiger partial charge in [-0.15, -0.1) is 23.5 Å². The average molecular weight is 254 g/mol. The third-order valence-corrected chi connectivity index (χ3v) is 4.39. The largest absolute Gasteiger partial charge is 0.379 e. The van der Waals surface area contributed by atoms with Gasteiger partial charge in [-0.3, -0.25) is 4.79 Å². The van der Waals surface area contributed by atoms with E-state index in [4.69, 9.17) is 4.74 Å². The summed E-state index contributed by atoms with van der Waals surface area (Å²) in [5, 5.41) is 0.523. The van der Waals surface area contributed by atoms with Crippen molar-refractivity contribution >= 4 is 29.3 Å². The van der Waals surface area contributed by atoms with Crippen LogP contribution >= 0.6 is 23.5 Å². The first-order valence-electron chi connectivity index (χ1n) is 5.16. The number of Topliss-reactive ketones (excluding diaryl/α,β-unsaturated/α-hetero) is 1. The molecule has 1 aromatic carbocycles. The fourth-order valence-corrected chi connectivity index (χ4v) is 2.71. The number of hydrogen-bond donors (Lipinski definition) is 0.